The monoisotopic (exact) mass is 420 g/mol. The summed E-state index contributed by atoms with van der Waals surface area (Å²) >= 11 is 0. The summed E-state index contributed by atoms with van der Waals surface area (Å²) < 4.78 is 40.8. The van der Waals surface area contributed by atoms with Crippen LogP contribution in [0.25, 0.3) is 0 Å². The number of aliphatic hydroxyl groups excluding tert-OH is 1. The Morgan fingerprint density at radius 2 is 1.90 bits per heavy atom. The van der Waals surface area contributed by atoms with Crippen LogP contribution in [0.1, 0.15) is 37.0 Å². The molecule has 1 amide bonds. The lowest BCUT2D eigenvalue weighted by atomic mass is 9.97. The van der Waals surface area contributed by atoms with Crippen LogP contribution in [0.2, 0.25) is 0 Å². The molecule has 6 nitrogen and oxygen atoms in total. The average molecular weight is 421 g/mol. The lowest BCUT2D eigenvalue weighted by Crippen LogP contribution is -2.42. The smallest absolute Gasteiger partial charge is 0.243 e. The maximum Gasteiger partial charge on any atom is 0.243 e. The fraction of sp³-hybridized carbons (Fsp3) is 0.381. The molecule has 2 N–H and O–H groups in total. The normalized spacial score (nSPS) is 17.1. The van der Waals surface area contributed by atoms with E-state index in [4.69, 9.17) is 0 Å². The molecule has 1 unspecified atom stereocenters. The molecule has 8 heteroatoms. The lowest BCUT2D eigenvalue weighted by Gasteiger charge is -2.30. The van der Waals surface area contributed by atoms with Gasteiger partial charge in [0, 0.05) is 31.1 Å². The number of rotatable bonds is 6. The van der Waals surface area contributed by atoms with Gasteiger partial charge in [-0.25, -0.2) is 12.8 Å². The second-order valence-corrected chi connectivity index (χ2v) is 9.17. The quantitative estimate of drug-likeness (QED) is 0.752. The van der Waals surface area contributed by atoms with Gasteiger partial charge in [0.2, 0.25) is 15.9 Å². The second-order valence-electron chi connectivity index (χ2n) is 7.24. The SMILES string of the molecule is CC(O)c1cccc(S(=O)(=O)N2CCC(C(=O)NCc3ccccc3F)CC2)c1. The summed E-state index contributed by atoms with van der Waals surface area (Å²) in [6, 6.07) is 12.5. The van der Waals surface area contributed by atoms with Crippen LogP contribution in [0.15, 0.2) is 53.4 Å². The molecule has 1 fully saturated rings. The van der Waals surface area contributed by atoms with Crippen LogP contribution in [0.5, 0.6) is 0 Å². The first-order valence-corrected chi connectivity index (χ1v) is 11.0. The van der Waals surface area contributed by atoms with Crippen molar-refractivity contribution in [1.82, 2.24) is 9.62 Å². The summed E-state index contributed by atoms with van der Waals surface area (Å²) in [6.45, 7) is 2.16. The first kappa shape index (κ1) is 21.4. The largest absolute Gasteiger partial charge is 0.389 e. The van der Waals surface area contributed by atoms with Crippen LogP contribution in [0, 0.1) is 11.7 Å². The van der Waals surface area contributed by atoms with E-state index >= 15 is 0 Å². The first-order valence-electron chi connectivity index (χ1n) is 9.58. The van der Waals surface area contributed by atoms with Gasteiger partial charge in [-0.2, -0.15) is 4.31 Å². The van der Waals surface area contributed by atoms with E-state index in [1.54, 1.807) is 37.3 Å². The maximum atomic E-state index is 13.7. The van der Waals surface area contributed by atoms with Gasteiger partial charge in [0.15, 0.2) is 0 Å². The number of sulfonamides is 1. The number of amides is 1. The zero-order valence-corrected chi connectivity index (χ0v) is 17.0. The van der Waals surface area contributed by atoms with Crippen LogP contribution in [-0.2, 0) is 21.4 Å². The van der Waals surface area contributed by atoms with Crippen molar-refractivity contribution in [2.24, 2.45) is 5.92 Å². The minimum atomic E-state index is -3.69. The molecule has 156 valence electrons. The van der Waals surface area contributed by atoms with Crippen LogP contribution in [0.4, 0.5) is 4.39 Å². The summed E-state index contributed by atoms with van der Waals surface area (Å²) in [6.07, 6.45) is 0.0469. The number of aliphatic hydroxyl groups is 1. The molecule has 0 aromatic heterocycles. The van der Waals surface area contributed by atoms with Crippen molar-refractivity contribution >= 4 is 15.9 Å². The zero-order valence-electron chi connectivity index (χ0n) is 16.2. The average Bonchev–Trinajstić information content (AvgIpc) is 2.73. The number of nitrogens with zero attached hydrogens (tertiary/aromatic N) is 1. The van der Waals surface area contributed by atoms with Crippen molar-refractivity contribution in [2.75, 3.05) is 13.1 Å². The van der Waals surface area contributed by atoms with Crippen LogP contribution < -0.4 is 5.32 Å². The van der Waals surface area contributed by atoms with E-state index in [1.807, 2.05) is 0 Å². The Morgan fingerprint density at radius 3 is 2.55 bits per heavy atom. The standard InChI is InChI=1S/C21H25FN2O4S/c1-15(25)17-6-4-7-19(13-17)29(27,28)24-11-9-16(10-12-24)21(26)23-14-18-5-2-3-8-20(18)22/h2-8,13,15-16,25H,9-12,14H2,1H3,(H,23,26). The predicted octanol–water partition coefficient (Wildman–Crippen LogP) is 2.60. The molecule has 29 heavy (non-hydrogen) atoms. The van der Waals surface area contributed by atoms with Gasteiger partial charge in [0.1, 0.15) is 5.82 Å². The molecule has 0 bridgehead atoms. The van der Waals surface area contributed by atoms with E-state index < -0.39 is 16.1 Å². The Morgan fingerprint density at radius 1 is 1.21 bits per heavy atom. The van der Waals surface area contributed by atoms with E-state index in [0.29, 0.717) is 24.0 Å². The Labute approximate surface area is 170 Å². The van der Waals surface area contributed by atoms with Gasteiger partial charge in [-0.05, 0) is 43.5 Å². The number of hydrogen-bond acceptors (Lipinski definition) is 4. The second kappa shape index (κ2) is 9.02. The number of carbonyl (C=O) groups is 1. The molecule has 1 atom stereocenters. The highest BCUT2D eigenvalue weighted by atomic mass is 32.2. The highest BCUT2D eigenvalue weighted by Gasteiger charge is 2.32. The molecule has 3 rings (SSSR count). The van der Waals surface area contributed by atoms with Gasteiger partial charge < -0.3 is 10.4 Å². The lowest BCUT2D eigenvalue weighted by molar-refractivity contribution is -0.126. The van der Waals surface area contributed by atoms with Crippen molar-refractivity contribution in [1.29, 1.82) is 0 Å². The third-order valence-corrected chi connectivity index (χ3v) is 7.11. The van der Waals surface area contributed by atoms with Gasteiger partial charge in [-0.3, -0.25) is 4.79 Å². The van der Waals surface area contributed by atoms with Gasteiger partial charge in [0.25, 0.3) is 0 Å². The molecule has 0 radical (unpaired) electrons. The molecule has 1 aliphatic heterocycles. The molecule has 1 aliphatic rings. The fourth-order valence-corrected chi connectivity index (χ4v) is 4.94. The van der Waals surface area contributed by atoms with E-state index in [9.17, 15) is 22.7 Å². The molecule has 0 aliphatic carbocycles. The summed E-state index contributed by atoms with van der Waals surface area (Å²) in [5.41, 5.74) is 0.951. The minimum Gasteiger partial charge on any atom is -0.389 e. The Hall–Kier alpha value is -2.29. The summed E-state index contributed by atoms with van der Waals surface area (Å²) in [7, 11) is -3.69. The number of benzene rings is 2. The molecule has 1 heterocycles. The third kappa shape index (κ3) is 5.01. The maximum absolute atomic E-state index is 13.7. The van der Waals surface area contributed by atoms with Crippen molar-refractivity contribution in [3.63, 3.8) is 0 Å². The molecular formula is C21H25FN2O4S. The predicted molar refractivity (Wildman–Crippen MR) is 107 cm³/mol. The summed E-state index contributed by atoms with van der Waals surface area (Å²) in [5, 5.41) is 12.4. The van der Waals surface area contributed by atoms with Crippen molar-refractivity contribution in [2.45, 2.75) is 37.3 Å². The van der Waals surface area contributed by atoms with Crippen LogP contribution >= 0.6 is 0 Å². The summed E-state index contributed by atoms with van der Waals surface area (Å²) in [4.78, 5) is 12.5. The van der Waals surface area contributed by atoms with Gasteiger partial charge in [-0.15, -0.1) is 0 Å². The molecule has 2 aromatic carbocycles. The van der Waals surface area contributed by atoms with Gasteiger partial charge in [-0.1, -0.05) is 30.3 Å². The van der Waals surface area contributed by atoms with Crippen LogP contribution in [-0.4, -0.2) is 36.8 Å². The topological polar surface area (TPSA) is 86.7 Å². The highest BCUT2D eigenvalue weighted by molar-refractivity contribution is 7.89. The number of halogens is 1. The van der Waals surface area contributed by atoms with Crippen molar-refractivity contribution in [3.05, 3.63) is 65.5 Å². The van der Waals surface area contributed by atoms with Crippen LogP contribution in [0.3, 0.4) is 0 Å². The number of nitrogens with one attached hydrogen (secondary N) is 1. The van der Waals surface area contributed by atoms with Gasteiger partial charge >= 0.3 is 0 Å². The minimum absolute atomic E-state index is 0.107. The van der Waals surface area contributed by atoms with Gasteiger partial charge in [0.05, 0.1) is 11.0 Å². The van der Waals surface area contributed by atoms with E-state index in [1.165, 1.54) is 22.5 Å². The Balaban J connectivity index is 1.59. The Bertz CT molecular complexity index is 970. The number of piperidine rings is 1. The molecule has 2 aromatic rings. The Kier molecular flexibility index (Phi) is 6.66. The summed E-state index contributed by atoms with van der Waals surface area (Å²) in [5.74, 6) is -0.869. The highest BCUT2D eigenvalue weighted by Crippen LogP contribution is 2.25. The fourth-order valence-electron chi connectivity index (χ4n) is 3.41. The molecule has 1 saturated heterocycles. The molecular weight excluding hydrogens is 395 g/mol. The number of carbonyl (C=O) groups excluding carboxylic acids is 1. The van der Waals surface area contributed by atoms with E-state index in [-0.39, 0.29) is 42.2 Å². The molecule has 0 saturated carbocycles. The van der Waals surface area contributed by atoms with E-state index in [0.717, 1.165) is 0 Å². The number of hydrogen-bond donors (Lipinski definition) is 2. The van der Waals surface area contributed by atoms with Crippen molar-refractivity contribution < 1.29 is 22.7 Å². The zero-order chi connectivity index (χ0) is 21.0. The molecule has 0 spiro atoms. The first-order chi connectivity index (χ1) is 13.8. The van der Waals surface area contributed by atoms with E-state index in [2.05, 4.69) is 5.32 Å². The third-order valence-electron chi connectivity index (χ3n) is 5.21. The van der Waals surface area contributed by atoms with Crippen molar-refractivity contribution in [3.8, 4) is 0 Å².